The van der Waals surface area contributed by atoms with Gasteiger partial charge in [0.2, 0.25) is 5.91 Å². The third-order valence-corrected chi connectivity index (χ3v) is 6.20. The lowest BCUT2D eigenvalue weighted by Crippen LogP contribution is -2.32. The van der Waals surface area contributed by atoms with E-state index in [0.29, 0.717) is 12.8 Å². The molecule has 1 aromatic carbocycles. The van der Waals surface area contributed by atoms with Crippen molar-refractivity contribution in [2.45, 2.75) is 64.2 Å². The molecule has 0 N–H and O–H groups in total. The van der Waals surface area contributed by atoms with Gasteiger partial charge in [-0.2, -0.15) is 0 Å². The molecule has 3 aliphatic heterocycles. The number of Topliss-reactive ketones (excluding diaryl/α,β-unsaturated/α-hetero) is 1. The van der Waals surface area contributed by atoms with Gasteiger partial charge in [0.15, 0.2) is 5.78 Å². The molecule has 0 saturated carbocycles. The van der Waals surface area contributed by atoms with E-state index in [1.54, 1.807) is 0 Å². The smallest absolute Gasteiger partial charge is 0.227 e. The number of carbonyl (C=O) groups excluding carboxylic acids is 2. The summed E-state index contributed by atoms with van der Waals surface area (Å²) in [6, 6.07) is 4.10. The fraction of sp³-hybridized carbons (Fsp3) is 0.636. The fourth-order valence-electron chi connectivity index (χ4n) is 4.74. The van der Waals surface area contributed by atoms with Crippen LogP contribution in [-0.2, 0) is 17.6 Å². The molecule has 4 nitrogen and oxygen atoms in total. The van der Waals surface area contributed by atoms with E-state index in [0.717, 1.165) is 43.5 Å². The van der Waals surface area contributed by atoms with Crippen LogP contribution in [0, 0.1) is 0 Å². The van der Waals surface area contributed by atoms with Crippen LogP contribution in [0.5, 0.6) is 0 Å². The van der Waals surface area contributed by atoms with Crippen molar-refractivity contribution in [1.29, 1.82) is 0 Å². The topological polar surface area (TPSA) is 40.6 Å². The largest absolute Gasteiger partial charge is 0.312 e. The third kappa shape index (κ3) is 3.71. The van der Waals surface area contributed by atoms with Crippen LogP contribution in [0.3, 0.4) is 0 Å². The van der Waals surface area contributed by atoms with E-state index in [1.165, 1.54) is 56.4 Å². The van der Waals surface area contributed by atoms with E-state index < -0.39 is 0 Å². The van der Waals surface area contributed by atoms with Crippen molar-refractivity contribution >= 4 is 17.4 Å². The Bertz CT molecular complexity index is 692. The normalized spacial score (nSPS) is 19.7. The van der Waals surface area contributed by atoms with Crippen LogP contribution in [-0.4, -0.2) is 42.8 Å². The van der Waals surface area contributed by atoms with Gasteiger partial charge in [-0.05, 0) is 81.4 Å². The minimum Gasteiger partial charge on any atom is -0.312 e. The number of hydrogen-bond donors (Lipinski definition) is 0. The predicted octanol–water partition coefficient (Wildman–Crippen LogP) is 3.75. The van der Waals surface area contributed by atoms with Gasteiger partial charge >= 0.3 is 0 Å². The van der Waals surface area contributed by atoms with Crippen molar-refractivity contribution in [3.63, 3.8) is 0 Å². The number of piperidine rings is 1. The van der Waals surface area contributed by atoms with Gasteiger partial charge < -0.3 is 9.80 Å². The highest BCUT2D eigenvalue weighted by Crippen LogP contribution is 2.37. The van der Waals surface area contributed by atoms with Crippen molar-refractivity contribution in [2.75, 3.05) is 31.1 Å². The van der Waals surface area contributed by atoms with Gasteiger partial charge in [0.05, 0.1) is 5.69 Å². The van der Waals surface area contributed by atoms with Crippen LogP contribution in [0.2, 0.25) is 0 Å². The first-order valence-corrected chi connectivity index (χ1v) is 10.4. The van der Waals surface area contributed by atoms with Crippen LogP contribution < -0.4 is 4.90 Å². The second kappa shape index (κ2) is 7.91. The third-order valence-electron chi connectivity index (χ3n) is 6.20. The minimum atomic E-state index is 0.240. The van der Waals surface area contributed by atoms with Gasteiger partial charge in [0, 0.05) is 24.9 Å². The first-order valence-electron chi connectivity index (χ1n) is 10.4. The SMILES string of the molecule is O=C(CCCCCN1CCCCC1)c1cc2c3c(c1)CCN3C(=O)CC2. The maximum atomic E-state index is 12.7. The maximum Gasteiger partial charge on any atom is 0.227 e. The lowest BCUT2D eigenvalue weighted by atomic mass is 9.94. The molecule has 0 radical (unpaired) electrons. The van der Waals surface area contributed by atoms with Gasteiger partial charge in [-0.25, -0.2) is 0 Å². The lowest BCUT2D eigenvalue weighted by Gasteiger charge is -2.26. The molecule has 4 heteroatoms. The van der Waals surface area contributed by atoms with Gasteiger partial charge in [-0.3, -0.25) is 9.59 Å². The lowest BCUT2D eigenvalue weighted by molar-refractivity contribution is -0.118. The summed E-state index contributed by atoms with van der Waals surface area (Å²) < 4.78 is 0. The van der Waals surface area contributed by atoms with Crippen LogP contribution >= 0.6 is 0 Å². The van der Waals surface area contributed by atoms with Crippen molar-refractivity contribution in [3.05, 3.63) is 28.8 Å². The van der Waals surface area contributed by atoms with Crippen molar-refractivity contribution in [2.24, 2.45) is 0 Å². The number of amides is 1. The quantitative estimate of drug-likeness (QED) is 0.553. The molecule has 0 spiro atoms. The minimum absolute atomic E-state index is 0.240. The molecule has 1 saturated heterocycles. The van der Waals surface area contributed by atoms with Crippen LogP contribution in [0.15, 0.2) is 12.1 Å². The molecule has 0 bridgehead atoms. The monoisotopic (exact) mass is 354 g/mol. The predicted molar refractivity (Wildman–Crippen MR) is 104 cm³/mol. The molecule has 26 heavy (non-hydrogen) atoms. The van der Waals surface area contributed by atoms with Gasteiger partial charge in [0.25, 0.3) is 0 Å². The molecule has 140 valence electrons. The molecule has 3 heterocycles. The number of rotatable bonds is 7. The van der Waals surface area contributed by atoms with Gasteiger partial charge in [0.1, 0.15) is 0 Å². The Morgan fingerprint density at radius 2 is 1.65 bits per heavy atom. The molecule has 0 unspecified atom stereocenters. The Morgan fingerprint density at radius 1 is 0.885 bits per heavy atom. The zero-order valence-electron chi connectivity index (χ0n) is 15.8. The highest BCUT2D eigenvalue weighted by Gasteiger charge is 2.31. The summed E-state index contributed by atoms with van der Waals surface area (Å²) in [4.78, 5) is 29.2. The van der Waals surface area contributed by atoms with E-state index in [4.69, 9.17) is 0 Å². The number of aryl methyl sites for hydroxylation is 1. The molecule has 4 rings (SSSR count). The fourth-order valence-corrected chi connectivity index (χ4v) is 4.74. The molecule has 1 aromatic rings. The van der Waals surface area contributed by atoms with Crippen molar-refractivity contribution in [3.8, 4) is 0 Å². The Balaban J connectivity index is 1.28. The first-order chi connectivity index (χ1) is 12.7. The van der Waals surface area contributed by atoms with Crippen LogP contribution in [0.1, 0.15) is 72.9 Å². The summed E-state index contributed by atoms with van der Waals surface area (Å²) in [5.41, 5.74) is 4.38. The Hall–Kier alpha value is -1.68. The average Bonchev–Trinajstić information content (AvgIpc) is 3.10. The number of anilines is 1. The number of benzene rings is 1. The van der Waals surface area contributed by atoms with E-state index in [1.807, 2.05) is 11.0 Å². The number of unbranched alkanes of at least 4 members (excludes halogenated alkanes) is 2. The zero-order valence-corrected chi connectivity index (χ0v) is 15.8. The standard InChI is InChI=1S/C22H30N2O2/c25-20(7-3-1-4-11-23-12-5-2-6-13-23)19-15-17-8-9-21(26)24-14-10-18(16-19)22(17)24/h15-16H,1-14H2. The van der Waals surface area contributed by atoms with Crippen LogP contribution in [0.4, 0.5) is 5.69 Å². The van der Waals surface area contributed by atoms with E-state index in [-0.39, 0.29) is 11.7 Å². The maximum absolute atomic E-state index is 12.7. The molecule has 3 aliphatic rings. The molecular formula is C22H30N2O2. The summed E-state index contributed by atoms with van der Waals surface area (Å²) in [5.74, 6) is 0.515. The van der Waals surface area contributed by atoms with Crippen molar-refractivity contribution in [1.82, 2.24) is 4.90 Å². The summed E-state index contributed by atoms with van der Waals surface area (Å²) in [7, 11) is 0. The molecular weight excluding hydrogens is 324 g/mol. The Kier molecular flexibility index (Phi) is 5.39. The number of likely N-dealkylation sites (tertiary alicyclic amines) is 1. The van der Waals surface area contributed by atoms with Crippen LogP contribution in [0.25, 0.3) is 0 Å². The second-order valence-corrected chi connectivity index (χ2v) is 8.07. The highest BCUT2D eigenvalue weighted by molar-refractivity contribution is 6.02. The summed E-state index contributed by atoms with van der Waals surface area (Å²) in [6.45, 7) is 4.50. The highest BCUT2D eigenvalue weighted by atomic mass is 16.2. The number of ketones is 1. The molecule has 1 amide bonds. The number of nitrogens with zero attached hydrogens (tertiary/aromatic N) is 2. The van der Waals surface area contributed by atoms with Gasteiger partial charge in [-0.15, -0.1) is 0 Å². The zero-order chi connectivity index (χ0) is 17.9. The van der Waals surface area contributed by atoms with Gasteiger partial charge in [-0.1, -0.05) is 12.8 Å². The summed E-state index contributed by atoms with van der Waals surface area (Å²) >= 11 is 0. The molecule has 1 fully saturated rings. The van der Waals surface area contributed by atoms with E-state index in [2.05, 4.69) is 11.0 Å². The number of hydrogen-bond acceptors (Lipinski definition) is 3. The Morgan fingerprint density at radius 3 is 2.46 bits per heavy atom. The van der Waals surface area contributed by atoms with E-state index >= 15 is 0 Å². The number of carbonyl (C=O) groups is 2. The molecule has 0 aromatic heterocycles. The molecule has 0 atom stereocenters. The Labute approximate surface area is 156 Å². The summed E-state index contributed by atoms with van der Waals surface area (Å²) in [6.07, 6.45) is 10.3. The van der Waals surface area contributed by atoms with E-state index in [9.17, 15) is 9.59 Å². The van der Waals surface area contributed by atoms with Crippen molar-refractivity contribution < 1.29 is 9.59 Å². The average molecular weight is 354 g/mol. The first kappa shape index (κ1) is 17.7. The molecule has 0 aliphatic carbocycles. The second-order valence-electron chi connectivity index (χ2n) is 8.07. The summed E-state index contributed by atoms with van der Waals surface area (Å²) in [5, 5.41) is 0.